The lowest BCUT2D eigenvalue weighted by molar-refractivity contribution is -0.274. The number of aromatic nitrogens is 4. The van der Waals surface area contributed by atoms with Crippen molar-refractivity contribution in [3.05, 3.63) is 53.3 Å². The van der Waals surface area contributed by atoms with Crippen LogP contribution in [0.2, 0.25) is 0 Å². The number of alkyl halides is 3. The van der Waals surface area contributed by atoms with Gasteiger partial charge in [0.25, 0.3) is 0 Å². The summed E-state index contributed by atoms with van der Waals surface area (Å²) in [7, 11) is 0. The molecule has 0 bridgehead atoms. The predicted octanol–water partition coefficient (Wildman–Crippen LogP) is 4.54. The van der Waals surface area contributed by atoms with Crippen LogP contribution in [-0.4, -0.2) is 36.1 Å². The Hall–Kier alpha value is -3.76. The largest absolute Gasteiger partial charge is 0.573 e. The molecule has 4 aromatic rings. The van der Waals surface area contributed by atoms with Gasteiger partial charge in [-0.15, -0.1) is 18.3 Å². The second kappa shape index (κ2) is 7.14. The quantitative estimate of drug-likeness (QED) is 0.450. The third-order valence-corrected chi connectivity index (χ3v) is 5.50. The van der Waals surface area contributed by atoms with Gasteiger partial charge in [-0.1, -0.05) is 5.21 Å². The number of halogens is 4. The smallest absolute Gasteiger partial charge is 0.494 e. The summed E-state index contributed by atoms with van der Waals surface area (Å²) in [6.45, 7) is 0. The van der Waals surface area contributed by atoms with Gasteiger partial charge in [0.05, 0.1) is 16.9 Å². The molecule has 0 unspecified atom stereocenters. The number of hydrogen-bond donors (Lipinski definition) is 2. The first-order chi connectivity index (χ1) is 15.2. The van der Waals surface area contributed by atoms with Crippen molar-refractivity contribution in [3.63, 3.8) is 0 Å². The van der Waals surface area contributed by atoms with Crippen LogP contribution >= 0.6 is 0 Å². The molecule has 0 aliphatic heterocycles. The molecule has 32 heavy (non-hydrogen) atoms. The van der Waals surface area contributed by atoms with Gasteiger partial charge in [0.1, 0.15) is 17.1 Å². The Balaban J connectivity index is 1.61. The molecule has 2 aromatic carbocycles. The fourth-order valence-electron chi connectivity index (χ4n) is 4.08. The zero-order valence-electron chi connectivity index (χ0n) is 16.4. The molecule has 166 valence electrons. The van der Waals surface area contributed by atoms with Gasteiger partial charge in [-0.2, -0.15) is 0 Å². The first-order valence-electron chi connectivity index (χ1n) is 9.79. The summed E-state index contributed by atoms with van der Waals surface area (Å²) in [6, 6.07) is 7.43. The van der Waals surface area contributed by atoms with Crippen molar-refractivity contribution in [1.29, 1.82) is 0 Å². The molecular formula is C21H16F4N4O3. The van der Waals surface area contributed by atoms with Crippen molar-refractivity contribution in [2.75, 3.05) is 0 Å². The summed E-state index contributed by atoms with van der Waals surface area (Å²) in [6.07, 6.45) is -1.94. The van der Waals surface area contributed by atoms with Crippen molar-refractivity contribution in [3.8, 4) is 28.9 Å². The Kier molecular flexibility index (Phi) is 4.50. The van der Waals surface area contributed by atoms with Crippen molar-refractivity contribution < 1.29 is 32.5 Å². The summed E-state index contributed by atoms with van der Waals surface area (Å²) >= 11 is 0. The third kappa shape index (κ3) is 3.29. The monoisotopic (exact) mass is 448 g/mol. The van der Waals surface area contributed by atoms with Crippen molar-refractivity contribution in [1.82, 2.24) is 19.6 Å². The maximum Gasteiger partial charge on any atom is 0.573 e. The molecule has 2 heterocycles. The Morgan fingerprint density at radius 2 is 1.56 bits per heavy atom. The molecule has 1 aliphatic carbocycles. The van der Waals surface area contributed by atoms with Gasteiger partial charge in [0.15, 0.2) is 0 Å². The van der Waals surface area contributed by atoms with E-state index in [0.717, 1.165) is 35.6 Å². The Morgan fingerprint density at radius 3 is 2.16 bits per heavy atom. The third-order valence-electron chi connectivity index (χ3n) is 5.50. The van der Waals surface area contributed by atoms with Gasteiger partial charge >= 0.3 is 6.36 Å². The molecule has 11 heteroatoms. The van der Waals surface area contributed by atoms with Crippen LogP contribution in [0.1, 0.15) is 24.0 Å². The number of hydrogen-bond acceptors (Lipinski definition) is 5. The van der Waals surface area contributed by atoms with Gasteiger partial charge in [0, 0.05) is 17.2 Å². The standard InChI is InChI=1S/C21H16F4N4O3/c22-15-9-16-18(10-17(15)28-19(30)13-3-1-2-4-14(13)20(28)31)29(27-26-16)11-5-7-12(8-6-11)32-21(23,24)25/h5-10,30-31H,1-4H2. The highest BCUT2D eigenvalue weighted by atomic mass is 19.4. The predicted molar refractivity (Wildman–Crippen MR) is 105 cm³/mol. The number of aromatic hydroxyl groups is 2. The number of rotatable bonds is 3. The fraction of sp³-hybridized carbons (Fsp3) is 0.238. The van der Waals surface area contributed by atoms with Gasteiger partial charge in [0.2, 0.25) is 11.8 Å². The summed E-state index contributed by atoms with van der Waals surface area (Å²) < 4.78 is 58.3. The average molecular weight is 448 g/mol. The van der Waals surface area contributed by atoms with Crippen LogP contribution in [0.3, 0.4) is 0 Å². The highest BCUT2D eigenvalue weighted by Gasteiger charge is 2.31. The minimum atomic E-state index is -4.81. The molecule has 0 spiro atoms. The zero-order valence-corrected chi connectivity index (χ0v) is 16.4. The maximum absolute atomic E-state index is 14.9. The molecule has 2 N–H and O–H groups in total. The second-order valence-electron chi connectivity index (χ2n) is 7.48. The van der Waals surface area contributed by atoms with E-state index in [4.69, 9.17) is 0 Å². The topological polar surface area (TPSA) is 85.3 Å². The van der Waals surface area contributed by atoms with Crippen LogP contribution in [0.25, 0.3) is 22.4 Å². The van der Waals surface area contributed by atoms with E-state index in [0.29, 0.717) is 35.2 Å². The number of benzene rings is 2. The molecule has 5 rings (SSSR count). The van der Waals surface area contributed by atoms with Crippen molar-refractivity contribution in [2.45, 2.75) is 32.0 Å². The summed E-state index contributed by atoms with van der Waals surface area (Å²) in [5.41, 5.74) is 1.98. The molecular weight excluding hydrogens is 432 g/mol. The lowest BCUT2D eigenvalue weighted by Gasteiger charge is -2.11. The van der Waals surface area contributed by atoms with Gasteiger partial charge in [-0.05, 0) is 56.0 Å². The van der Waals surface area contributed by atoms with E-state index in [1.165, 1.54) is 22.9 Å². The second-order valence-corrected chi connectivity index (χ2v) is 7.48. The molecule has 0 radical (unpaired) electrons. The van der Waals surface area contributed by atoms with Crippen LogP contribution in [0.4, 0.5) is 17.6 Å². The normalized spacial score (nSPS) is 14.0. The highest BCUT2D eigenvalue weighted by molar-refractivity contribution is 5.79. The van der Waals surface area contributed by atoms with Gasteiger partial charge in [-0.3, -0.25) is 0 Å². The van der Waals surface area contributed by atoms with Gasteiger partial charge in [-0.25, -0.2) is 13.6 Å². The fourth-order valence-corrected chi connectivity index (χ4v) is 4.08. The Bertz CT molecular complexity index is 1300. The Morgan fingerprint density at radius 1 is 0.938 bits per heavy atom. The van der Waals surface area contributed by atoms with Gasteiger partial charge < -0.3 is 14.9 Å². The van der Waals surface area contributed by atoms with Crippen LogP contribution in [-0.2, 0) is 12.8 Å². The highest BCUT2D eigenvalue weighted by Crippen LogP contribution is 2.41. The van der Waals surface area contributed by atoms with Crippen LogP contribution in [0.5, 0.6) is 17.5 Å². The van der Waals surface area contributed by atoms with E-state index in [-0.39, 0.29) is 23.0 Å². The van der Waals surface area contributed by atoms with Crippen LogP contribution < -0.4 is 4.74 Å². The molecule has 0 saturated heterocycles. The minimum absolute atomic E-state index is 0.0949. The van der Waals surface area contributed by atoms with Crippen LogP contribution in [0, 0.1) is 5.82 Å². The Labute approximate surface area is 178 Å². The van der Waals surface area contributed by atoms with E-state index in [1.807, 2.05) is 0 Å². The number of ether oxygens (including phenoxy) is 1. The SMILES string of the molecule is Oc1c2c(c(O)n1-c1cc3c(cc1F)nnn3-c1ccc(OC(F)(F)F)cc1)CCCC2. The molecule has 0 fully saturated rings. The maximum atomic E-state index is 14.9. The molecule has 7 nitrogen and oxygen atoms in total. The molecule has 0 saturated carbocycles. The zero-order chi connectivity index (χ0) is 22.6. The van der Waals surface area contributed by atoms with E-state index >= 15 is 0 Å². The summed E-state index contributed by atoms with van der Waals surface area (Å²) in [5.74, 6) is -1.56. The molecule has 1 aliphatic rings. The number of nitrogens with zero attached hydrogens (tertiary/aromatic N) is 4. The average Bonchev–Trinajstić information content (AvgIpc) is 3.26. The molecule has 0 atom stereocenters. The van der Waals surface area contributed by atoms with Crippen molar-refractivity contribution >= 4 is 11.0 Å². The molecule has 2 aromatic heterocycles. The summed E-state index contributed by atoms with van der Waals surface area (Å²) in [5, 5.41) is 29.2. The van der Waals surface area contributed by atoms with Crippen molar-refractivity contribution in [2.24, 2.45) is 0 Å². The lowest BCUT2D eigenvalue weighted by atomic mass is 9.95. The van der Waals surface area contributed by atoms with E-state index in [2.05, 4.69) is 15.0 Å². The lowest BCUT2D eigenvalue weighted by Crippen LogP contribution is -2.17. The molecule has 0 amide bonds. The first kappa shape index (κ1) is 20.2. The minimum Gasteiger partial charge on any atom is -0.494 e. The number of fused-ring (bicyclic) bond motifs is 2. The van der Waals surface area contributed by atoms with E-state index < -0.39 is 17.9 Å². The first-order valence-corrected chi connectivity index (χ1v) is 9.79. The van der Waals surface area contributed by atoms with Crippen LogP contribution in [0.15, 0.2) is 36.4 Å². The van der Waals surface area contributed by atoms with E-state index in [1.54, 1.807) is 0 Å². The summed E-state index contributed by atoms with van der Waals surface area (Å²) in [4.78, 5) is 0. The van der Waals surface area contributed by atoms with E-state index in [9.17, 15) is 27.8 Å².